The molecule has 2 atom stereocenters. The summed E-state index contributed by atoms with van der Waals surface area (Å²) < 4.78 is 1.13. The molecule has 1 aromatic rings. The van der Waals surface area contributed by atoms with Crippen LogP contribution in [-0.2, 0) is 4.79 Å². The summed E-state index contributed by atoms with van der Waals surface area (Å²) in [5.41, 5.74) is 5.98. The lowest BCUT2D eigenvalue weighted by Crippen LogP contribution is -2.53. The van der Waals surface area contributed by atoms with E-state index in [1.807, 2.05) is 0 Å². The number of hydrogen-bond acceptors (Lipinski definition) is 4. The first kappa shape index (κ1) is 13.5. The number of piperazine rings is 1. The molecule has 0 aromatic carbocycles. The molecule has 19 heavy (non-hydrogen) atoms. The van der Waals surface area contributed by atoms with Crippen LogP contribution in [0.25, 0.3) is 0 Å². The highest BCUT2D eigenvalue weighted by Gasteiger charge is 2.37. The van der Waals surface area contributed by atoms with Crippen LogP contribution in [0.2, 0.25) is 0 Å². The predicted molar refractivity (Wildman–Crippen MR) is 80.1 cm³/mol. The summed E-state index contributed by atoms with van der Waals surface area (Å²) in [6.45, 7) is 3.38. The zero-order valence-electron chi connectivity index (χ0n) is 10.7. The highest BCUT2D eigenvalue weighted by atomic mass is 79.9. The van der Waals surface area contributed by atoms with Gasteiger partial charge in [-0.25, -0.2) is 0 Å². The van der Waals surface area contributed by atoms with Gasteiger partial charge in [0.05, 0.1) is 6.04 Å². The molecule has 2 aliphatic heterocycles. The van der Waals surface area contributed by atoms with E-state index in [1.165, 1.54) is 4.88 Å². The van der Waals surface area contributed by atoms with E-state index in [0.29, 0.717) is 18.5 Å². The van der Waals surface area contributed by atoms with Gasteiger partial charge in [0.25, 0.3) is 0 Å². The topological polar surface area (TPSA) is 49.6 Å². The number of nitrogens with two attached hydrogens (primary N) is 1. The van der Waals surface area contributed by atoms with Crippen LogP contribution in [0.3, 0.4) is 0 Å². The number of amides is 1. The highest BCUT2D eigenvalue weighted by molar-refractivity contribution is 9.10. The predicted octanol–water partition coefficient (Wildman–Crippen LogP) is 1.82. The van der Waals surface area contributed by atoms with Gasteiger partial charge in [0.15, 0.2) is 0 Å². The molecule has 2 fully saturated rings. The maximum absolute atomic E-state index is 11.7. The van der Waals surface area contributed by atoms with Crippen LogP contribution in [-0.4, -0.2) is 47.9 Å². The number of halogens is 1. The van der Waals surface area contributed by atoms with E-state index in [1.54, 1.807) is 11.3 Å². The molecule has 0 spiro atoms. The molecule has 2 N–H and O–H groups in total. The fourth-order valence-corrected chi connectivity index (χ4v) is 4.71. The Morgan fingerprint density at radius 2 is 2.37 bits per heavy atom. The molecule has 2 saturated heterocycles. The molecule has 3 heterocycles. The molecule has 0 radical (unpaired) electrons. The summed E-state index contributed by atoms with van der Waals surface area (Å²) in [6, 6.07) is 2.85. The third-order valence-electron chi connectivity index (χ3n) is 4.11. The molecule has 6 heteroatoms. The van der Waals surface area contributed by atoms with Gasteiger partial charge in [0.2, 0.25) is 5.91 Å². The van der Waals surface area contributed by atoms with Crippen molar-refractivity contribution >= 4 is 33.2 Å². The van der Waals surface area contributed by atoms with Crippen molar-refractivity contribution in [2.75, 3.05) is 26.2 Å². The second-order valence-corrected chi connectivity index (χ2v) is 7.05. The maximum atomic E-state index is 11.7. The molecule has 2 unspecified atom stereocenters. The number of thiophene rings is 1. The molecule has 0 bridgehead atoms. The molecule has 104 valence electrons. The van der Waals surface area contributed by atoms with Gasteiger partial charge in [0, 0.05) is 53.4 Å². The molecular weight excluding hydrogens is 326 g/mol. The first-order chi connectivity index (χ1) is 9.19. The van der Waals surface area contributed by atoms with Crippen LogP contribution in [0.15, 0.2) is 15.9 Å². The van der Waals surface area contributed by atoms with Crippen molar-refractivity contribution in [2.24, 2.45) is 5.73 Å². The van der Waals surface area contributed by atoms with Crippen molar-refractivity contribution in [3.63, 3.8) is 0 Å². The lowest BCUT2D eigenvalue weighted by Gasteiger charge is -2.41. The summed E-state index contributed by atoms with van der Waals surface area (Å²) in [5.74, 6) is 0.327. The Hall–Kier alpha value is -0.430. The summed E-state index contributed by atoms with van der Waals surface area (Å²) in [5, 5.41) is 2.10. The minimum Gasteiger partial charge on any atom is -0.337 e. The fraction of sp³-hybridized carbons (Fsp3) is 0.615. The minimum absolute atomic E-state index is 0.286. The lowest BCUT2D eigenvalue weighted by molar-refractivity contribution is -0.131. The summed E-state index contributed by atoms with van der Waals surface area (Å²) in [7, 11) is 0. The van der Waals surface area contributed by atoms with Gasteiger partial charge >= 0.3 is 0 Å². The number of carbonyl (C=O) groups is 1. The van der Waals surface area contributed by atoms with Gasteiger partial charge in [0.1, 0.15) is 0 Å². The van der Waals surface area contributed by atoms with Crippen molar-refractivity contribution in [1.82, 2.24) is 9.80 Å². The van der Waals surface area contributed by atoms with Gasteiger partial charge in [-0.05, 0) is 28.4 Å². The number of nitrogens with zero attached hydrogens (tertiary/aromatic N) is 2. The maximum Gasteiger partial charge on any atom is 0.222 e. The summed E-state index contributed by atoms with van der Waals surface area (Å²) in [6.07, 6.45) is 1.72. The Balaban J connectivity index is 1.73. The molecule has 0 saturated carbocycles. The summed E-state index contributed by atoms with van der Waals surface area (Å²) in [4.78, 5) is 17.5. The number of fused-ring (bicyclic) bond motifs is 1. The van der Waals surface area contributed by atoms with E-state index in [0.717, 1.165) is 36.9 Å². The number of hydrogen-bond donors (Lipinski definition) is 1. The Kier molecular flexibility index (Phi) is 3.93. The van der Waals surface area contributed by atoms with Gasteiger partial charge < -0.3 is 10.6 Å². The lowest BCUT2D eigenvalue weighted by atomic mass is 10.1. The molecule has 2 aliphatic rings. The summed E-state index contributed by atoms with van der Waals surface area (Å²) >= 11 is 5.26. The first-order valence-corrected chi connectivity index (χ1v) is 8.34. The van der Waals surface area contributed by atoms with E-state index < -0.39 is 0 Å². The van der Waals surface area contributed by atoms with Crippen LogP contribution in [0.5, 0.6) is 0 Å². The van der Waals surface area contributed by atoms with E-state index in [2.05, 4.69) is 37.2 Å². The van der Waals surface area contributed by atoms with Gasteiger partial charge in [-0.15, -0.1) is 11.3 Å². The number of rotatable bonds is 3. The van der Waals surface area contributed by atoms with E-state index in [-0.39, 0.29) is 6.04 Å². The van der Waals surface area contributed by atoms with Crippen LogP contribution >= 0.6 is 27.3 Å². The van der Waals surface area contributed by atoms with Crippen molar-refractivity contribution in [3.05, 3.63) is 20.8 Å². The van der Waals surface area contributed by atoms with Gasteiger partial charge in [-0.2, -0.15) is 0 Å². The van der Waals surface area contributed by atoms with Crippen molar-refractivity contribution in [1.29, 1.82) is 0 Å². The Morgan fingerprint density at radius 1 is 1.53 bits per heavy atom. The number of carbonyl (C=O) groups excluding carboxylic acids is 1. The highest BCUT2D eigenvalue weighted by Crippen LogP contribution is 2.32. The van der Waals surface area contributed by atoms with Crippen LogP contribution in [0.4, 0.5) is 0 Å². The average molecular weight is 344 g/mol. The fourth-order valence-electron chi connectivity index (χ4n) is 3.12. The second-order valence-electron chi connectivity index (χ2n) is 5.19. The van der Waals surface area contributed by atoms with Gasteiger partial charge in [-0.3, -0.25) is 9.69 Å². The third kappa shape index (κ3) is 2.59. The average Bonchev–Trinajstić information content (AvgIpc) is 2.98. The van der Waals surface area contributed by atoms with Crippen molar-refractivity contribution < 1.29 is 4.79 Å². The van der Waals surface area contributed by atoms with Crippen LogP contribution in [0.1, 0.15) is 23.8 Å². The minimum atomic E-state index is 0.286. The Labute approximate surface area is 125 Å². The Bertz CT molecular complexity index is 478. The largest absolute Gasteiger partial charge is 0.337 e. The molecule has 4 nitrogen and oxygen atoms in total. The molecule has 1 aromatic heterocycles. The van der Waals surface area contributed by atoms with Crippen LogP contribution in [0, 0.1) is 0 Å². The second kappa shape index (κ2) is 5.52. The monoisotopic (exact) mass is 343 g/mol. The van der Waals surface area contributed by atoms with E-state index in [9.17, 15) is 4.79 Å². The zero-order valence-corrected chi connectivity index (χ0v) is 13.1. The SMILES string of the molecule is NCC(c1cc(Br)cs1)N1CCN2C(=O)CCC2C1. The van der Waals surface area contributed by atoms with Crippen molar-refractivity contribution in [2.45, 2.75) is 24.9 Å². The zero-order chi connectivity index (χ0) is 13.4. The van der Waals surface area contributed by atoms with Crippen LogP contribution < -0.4 is 5.73 Å². The van der Waals surface area contributed by atoms with E-state index >= 15 is 0 Å². The van der Waals surface area contributed by atoms with Gasteiger partial charge in [-0.1, -0.05) is 0 Å². The Morgan fingerprint density at radius 3 is 3.05 bits per heavy atom. The molecule has 1 amide bonds. The quantitative estimate of drug-likeness (QED) is 0.910. The molecule has 0 aliphatic carbocycles. The third-order valence-corrected chi connectivity index (χ3v) is 5.90. The first-order valence-electron chi connectivity index (χ1n) is 6.66. The van der Waals surface area contributed by atoms with E-state index in [4.69, 9.17) is 5.73 Å². The standard InChI is InChI=1S/C13H18BrN3OS/c14-9-5-12(19-8-9)11(6-15)16-3-4-17-10(7-16)1-2-13(17)18/h5,8,10-11H,1-4,6-7,15H2. The smallest absolute Gasteiger partial charge is 0.222 e. The van der Waals surface area contributed by atoms with Crippen molar-refractivity contribution in [3.8, 4) is 0 Å². The molecular formula is C13H18BrN3OS. The normalized spacial score (nSPS) is 25.7. The molecule has 3 rings (SSSR count).